The quantitative estimate of drug-likeness (QED) is 0.829. The zero-order chi connectivity index (χ0) is 13.3. The smallest absolute Gasteiger partial charge is 0.330 e. The van der Waals surface area contributed by atoms with E-state index in [0.29, 0.717) is 0 Å². The fraction of sp³-hybridized carbons (Fsp3) is 0.533. The molecule has 0 aromatic heterocycles. The van der Waals surface area contributed by atoms with E-state index in [0.717, 1.165) is 31.2 Å². The molecular formula is C15H20N2O2. The van der Waals surface area contributed by atoms with Crippen LogP contribution in [-0.2, 0) is 4.84 Å². The van der Waals surface area contributed by atoms with Gasteiger partial charge in [0.15, 0.2) is 5.72 Å². The highest BCUT2D eigenvalue weighted by atomic mass is 16.9. The van der Waals surface area contributed by atoms with Crippen molar-refractivity contribution in [3.8, 4) is 0 Å². The van der Waals surface area contributed by atoms with Crippen molar-refractivity contribution in [1.29, 1.82) is 0 Å². The number of benzene rings is 1. The molecule has 1 aromatic carbocycles. The van der Waals surface area contributed by atoms with Gasteiger partial charge in [-0.1, -0.05) is 36.8 Å². The van der Waals surface area contributed by atoms with Gasteiger partial charge in [0.25, 0.3) is 0 Å². The normalized spacial score (nSPS) is 22.1. The number of carbonyl (C=O) groups is 1. The topological polar surface area (TPSA) is 44.6 Å². The molecule has 19 heavy (non-hydrogen) atoms. The molecule has 2 fully saturated rings. The Morgan fingerprint density at radius 1 is 1.26 bits per heavy atom. The maximum Gasteiger partial charge on any atom is 0.344 e. The average molecular weight is 260 g/mol. The maximum atomic E-state index is 12.2. The van der Waals surface area contributed by atoms with Gasteiger partial charge in [0.1, 0.15) is 0 Å². The van der Waals surface area contributed by atoms with Gasteiger partial charge in [-0.2, -0.15) is 5.06 Å². The Bertz CT molecular complexity index is 454. The highest BCUT2D eigenvalue weighted by Gasteiger charge is 2.58. The minimum Gasteiger partial charge on any atom is -0.330 e. The molecule has 1 saturated carbocycles. The molecule has 1 spiro atoms. The van der Waals surface area contributed by atoms with Crippen molar-refractivity contribution in [2.45, 2.75) is 50.8 Å². The Balaban J connectivity index is 1.58. The molecule has 0 radical (unpaired) electrons. The van der Waals surface area contributed by atoms with Crippen LogP contribution < -0.4 is 5.32 Å². The molecule has 1 saturated heterocycles. The number of nitrogens with zero attached hydrogens (tertiary/aromatic N) is 1. The summed E-state index contributed by atoms with van der Waals surface area (Å²) in [4.78, 5) is 17.7. The van der Waals surface area contributed by atoms with Gasteiger partial charge in [-0.05, 0) is 25.3 Å². The Morgan fingerprint density at radius 3 is 2.63 bits per heavy atom. The van der Waals surface area contributed by atoms with Gasteiger partial charge in [0.2, 0.25) is 0 Å². The van der Waals surface area contributed by atoms with E-state index in [2.05, 4.69) is 5.32 Å². The van der Waals surface area contributed by atoms with Gasteiger partial charge in [-0.3, -0.25) is 0 Å². The summed E-state index contributed by atoms with van der Waals surface area (Å²) in [6.07, 6.45) is 5.50. The summed E-state index contributed by atoms with van der Waals surface area (Å²) in [6, 6.07) is 9.86. The van der Waals surface area contributed by atoms with Crippen molar-refractivity contribution in [3.63, 3.8) is 0 Å². The Kier molecular flexibility index (Phi) is 3.19. The van der Waals surface area contributed by atoms with Crippen LogP contribution in [0, 0.1) is 0 Å². The van der Waals surface area contributed by atoms with Crippen LogP contribution in [0.5, 0.6) is 0 Å². The van der Waals surface area contributed by atoms with Crippen molar-refractivity contribution in [3.05, 3.63) is 35.9 Å². The van der Waals surface area contributed by atoms with Crippen molar-refractivity contribution in [1.82, 2.24) is 10.4 Å². The second-order valence-corrected chi connectivity index (χ2v) is 5.47. The lowest BCUT2D eigenvalue weighted by atomic mass is 9.94. The van der Waals surface area contributed by atoms with E-state index in [1.165, 1.54) is 11.5 Å². The van der Waals surface area contributed by atoms with E-state index in [4.69, 9.17) is 4.84 Å². The molecule has 1 unspecified atom stereocenters. The molecule has 102 valence electrons. The van der Waals surface area contributed by atoms with Gasteiger partial charge in [0.05, 0.1) is 6.04 Å². The molecule has 1 aromatic rings. The van der Waals surface area contributed by atoms with Crippen molar-refractivity contribution in [2.24, 2.45) is 0 Å². The first-order chi connectivity index (χ1) is 9.21. The van der Waals surface area contributed by atoms with E-state index >= 15 is 0 Å². The first-order valence-electron chi connectivity index (χ1n) is 7.06. The second-order valence-electron chi connectivity index (χ2n) is 5.47. The van der Waals surface area contributed by atoms with Crippen LogP contribution in [0.2, 0.25) is 0 Å². The standard InChI is InChI=1S/C15H20N2O2/c1-12(13-8-4-2-5-9-13)16-14(18)17-15(19-17)10-6-3-7-11-15/h2,4-5,8-9,12H,3,6-7,10-11H2,1H3,(H,16,18). The molecule has 3 rings (SSSR count). The average Bonchev–Trinajstić information content (AvgIpc) is 3.14. The van der Waals surface area contributed by atoms with Crippen LogP contribution in [0.25, 0.3) is 0 Å². The number of amides is 2. The largest absolute Gasteiger partial charge is 0.344 e. The third-order valence-electron chi connectivity index (χ3n) is 4.06. The summed E-state index contributed by atoms with van der Waals surface area (Å²) < 4.78 is 0. The Hall–Kier alpha value is -1.55. The predicted octanol–water partition coefficient (Wildman–Crippen LogP) is 3.36. The van der Waals surface area contributed by atoms with Crippen LogP contribution in [-0.4, -0.2) is 16.8 Å². The molecule has 2 amide bonds. The fourth-order valence-electron chi connectivity index (χ4n) is 2.84. The Morgan fingerprint density at radius 2 is 1.95 bits per heavy atom. The molecule has 4 heteroatoms. The van der Waals surface area contributed by atoms with Gasteiger partial charge in [0, 0.05) is 12.8 Å². The Labute approximate surface area is 113 Å². The van der Waals surface area contributed by atoms with Crippen LogP contribution in [0.4, 0.5) is 4.79 Å². The van der Waals surface area contributed by atoms with Crippen LogP contribution in [0.1, 0.15) is 50.6 Å². The number of carbonyl (C=O) groups excluding carboxylic acids is 1. The van der Waals surface area contributed by atoms with E-state index in [1.54, 1.807) is 0 Å². The summed E-state index contributed by atoms with van der Waals surface area (Å²) in [6.45, 7) is 1.99. The zero-order valence-electron chi connectivity index (χ0n) is 11.3. The van der Waals surface area contributed by atoms with Crippen LogP contribution in [0.3, 0.4) is 0 Å². The fourth-order valence-corrected chi connectivity index (χ4v) is 2.84. The number of rotatable bonds is 2. The van der Waals surface area contributed by atoms with Gasteiger partial charge >= 0.3 is 6.03 Å². The molecule has 0 bridgehead atoms. The van der Waals surface area contributed by atoms with Crippen LogP contribution >= 0.6 is 0 Å². The maximum absolute atomic E-state index is 12.2. The van der Waals surface area contributed by atoms with Crippen LogP contribution in [0.15, 0.2) is 30.3 Å². The SMILES string of the molecule is CC(NC(=O)N1OC12CCCCC2)c1ccccc1. The molecule has 1 N–H and O–H groups in total. The monoisotopic (exact) mass is 260 g/mol. The third kappa shape index (κ3) is 2.45. The van der Waals surface area contributed by atoms with Crippen molar-refractivity contribution < 1.29 is 9.63 Å². The predicted molar refractivity (Wildman–Crippen MR) is 72.1 cm³/mol. The summed E-state index contributed by atoms with van der Waals surface area (Å²) in [7, 11) is 0. The van der Waals surface area contributed by atoms with E-state index < -0.39 is 0 Å². The molecule has 1 aliphatic heterocycles. The van der Waals surface area contributed by atoms with Gasteiger partial charge < -0.3 is 5.32 Å². The molecule has 1 aliphatic carbocycles. The lowest BCUT2D eigenvalue weighted by molar-refractivity contribution is 0.170. The number of hydroxylamine groups is 2. The number of hydrogen-bond acceptors (Lipinski definition) is 2. The first-order valence-corrected chi connectivity index (χ1v) is 7.06. The van der Waals surface area contributed by atoms with Gasteiger partial charge in [-0.25, -0.2) is 9.63 Å². The molecule has 2 aliphatic rings. The summed E-state index contributed by atoms with van der Waals surface area (Å²) in [5.74, 6) is 0. The number of urea groups is 1. The lowest BCUT2D eigenvalue weighted by Gasteiger charge is -2.18. The summed E-state index contributed by atoms with van der Waals surface area (Å²) >= 11 is 0. The summed E-state index contributed by atoms with van der Waals surface area (Å²) in [5.41, 5.74) is 0.828. The van der Waals surface area contributed by atoms with Crippen molar-refractivity contribution >= 4 is 6.03 Å². The highest BCUT2D eigenvalue weighted by molar-refractivity contribution is 5.76. The first kappa shape index (κ1) is 12.5. The van der Waals surface area contributed by atoms with E-state index in [1.807, 2.05) is 37.3 Å². The van der Waals surface area contributed by atoms with Crippen molar-refractivity contribution in [2.75, 3.05) is 0 Å². The number of hydrogen-bond donors (Lipinski definition) is 1. The molecule has 4 nitrogen and oxygen atoms in total. The lowest BCUT2D eigenvalue weighted by Crippen LogP contribution is -2.35. The highest BCUT2D eigenvalue weighted by Crippen LogP contribution is 2.46. The molecular weight excluding hydrogens is 240 g/mol. The molecule has 1 atom stereocenters. The van der Waals surface area contributed by atoms with Gasteiger partial charge in [-0.15, -0.1) is 0 Å². The zero-order valence-corrected chi connectivity index (χ0v) is 11.3. The summed E-state index contributed by atoms with van der Waals surface area (Å²) in [5, 5.41) is 4.53. The van der Waals surface area contributed by atoms with E-state index in [-0.39, 0.29) is 17.8 Å². The minimum absolute atomic E-state index is 0.00135. The number of nitrogens with one attached hydrogen (secondary N) is 1. The molecule has 1 heterocycles. The minimum atomic E-state index is -0.279. The third-order valence-corrected chi connectivity index (χ3v) is 4.06. The van der Waals surface area contributed by atoms with E-state index in [9.17, 15) is 4.79 Å². The second kappa shape index (κ2) is 4.85.